The molecule has 24 nitrogen and oxygen atoms in total. The average Bonchev–Trinajstić information content (AvgIpc) is 0.689. The molecule has 672 valence electrons. The molecule has 16 atom stereocenters. The van der Waals surface area contributed by atoms with Gasteiger partial charge in [-0.25, -0.2) is 0 Å². The molecule has 0 bridgehead atoms. The van der Waals surface area contributed by atoms with Crippen molar-refractivity contribution in [3.05, 3.63) is 93.0 Å². The lowest BCUT2D eigenvalue weighted by Gasteiger charge is -2.47. The van der Waals surface area contributed by atoms with Crippen LogP contribution in [0.2, 0.25) is 0 Å². The van der Waals surface area contributed by atoms with Gasteiger partial charge in [0.15, 0.2) is 46.0 Å². The van der Waals surface area contributed by atoms with E-state index in [0.717, 1.165) is 62.8 Å². The molecular formula is C96H152N8O16. The summed E-state index contributed by atoms with van der Waals surface area (Å²) in [4.78, 5) is 52.8. The van der Waals surface area contributed by atoms with E-state index in [1.54, 1.807) is 83.1 Å². The second-order valence-corrected chi connectivity index (χ2v) is 32.1. The van der Waals surface area contributed by atoms with Gasteiger partial charge in [-0.05, 0) is 192 Å². The summed E-state index contributed by atoms with van der Waals surface area (Å²) in [7, 11) is 1.02. The number of benzene rings is 4. The molecule has 0 amide bonds. The van der Waals surface area contributed by atoms with Crippen molar-refractivity contribution >= 4 is 23.9 Å². The fourth-order valence-electron chi connectivity index (χ4n) is 12.6. The Kier molecular flexibility index (Phi) is 18.1. The normalized spacial score (nSPS) is 43.9. The van der Waals surface area contributed by atoms with Crippen molar-refractivity contribution in [1.82, 2.24) is 19.6 Å². The summed E-state index contributed by atoms with van der Waals surface area (Å²) in [6.45, 7) is -2.39. The molecule has 0 spiro atoms. The third-order valence-corrected chi connectivity index (χ3v) is 19.5. The molecule has 12 rings (SSSR count). The molecule has 4 saturated heterocycles. The zero-order valence-electron chi connectivity index (χ0n) is 120. The van der Waals surface area contributed by atoms with Crippen molar-refractivity contribution in [3.8, 4) is 46.0 Å². The molecule has 0 saturated carbocycles. The first-order valence-corrected chi connectivity index (χ1v) is 39.6. The largest absolute Gasteiger partial charge is 0.493 e. The number of methoxy groups -OCH3 is 8. The number of rotatable bonds is 28. The van der Waals surface area contributed by atoms with Crippen molar-refractivity contribution < 1.29 is 142 Å². The number of nitrogens with zero attached hydrogens (tertiary/aromatic N) is 4. The monoisotopic (exact) mass is 1720 g/mol. The molecule has 8 aliphatic heterocycles. The number of fused-ring (bicyclic) bond motifs is 12. The van der Waals surface area contributed by atoms with E-state index in [4.69, 9.17) is 121 Å². The zero-order valence-corrected chi connectivity index (χ0v) is 72.2. The molecule has 24 heteroatoms. The first kappa shape index (κ1) is 49.5. The van der Waals surface area contributed by atoms with Crippen LogP contribution in [-0.4, -0.2) is 201 Å². The average molecular weight is 1720 g/mol. The zero-order chi connectivity index (χ0) is 131. The molecule has 0 aliphatic carbocycles. The molecule has 0 aromatic heterocycles. The summed E-state index contributed by atoms with van der Waals surface area (Å²) in [5, 5.41) is 0. The van der Waals surface area contributed by atoms with Crippen LogP contribution in [0.25, 0.3) is 0 Å². The number of hydrogen-bond acceptors (Lipinski definition) is 24. The number of esters is 4. The Hall–Kier alpha value is -7.16. The second-order valence-electron chi connectivity index (χ2n) is 32.1. The number of ether oxygens (including phenoxy) is 12. The first-order chi connectivity index (χ1) is 75.1. The number of hydrogen-bond donors (Lipinski definition) is 4. The molecule has 0 radical (unpaired) electrons. The minimum Gasteiger partial charge on any atom is -0.493 e. The number of carbonyl (C=O) groups is 4. The molecule has 8 N–H and O–H groups in total. The quantitative estimate of drug-likeness (QED) is 0.0303. The third kappa shape index (κ3) is 23.8. The highest BCUT2D eigenvalue weighted by molar-refractivity contribution is 5.77. The van der Waals surface area contributed by atoms with E-state index in [1.165, 1.54) is 56.1 Å². The molecule has 4 aromatic carbocycles. The molecule has 8 heterocycles. The Bertz CT molecular complexity index is 6430. The number of aryl methyl sites for hydroxylation is 4. The lowest BCUT2D eigenvalue weighted by atomic mass is 9.79. The van der Waals surface area contributed by atoms with Crippen LogP contribution >= 0.6 is 0 Å². The van der Waals surface area contributed by atoms with Crippen molar-refractivity contribution in [1.29, 1.82) is 0 Å². The van der Waals surface area contributed by atoms with Crippen molar-refractivity contribution in [2.24, 2.45) is 93.9 Å². The molecule has 12 unspecified atom stereocenters. The van der Waals surface area contributed by atoms with Gasteiger partial charge in [-0.2, -0.15) is 0 Å². The first-order valence-electron chi connectivity index (χ1n) is 63.6. The fraction of sp³-hybridized carbons (Fsp3) is 0.708. The Morgan fingerprint density at radius 3 is 0.792 bits per heavy atom. The van der Waals surface area contributed by atoms with Gasteiger partial charge in [-0.1, -0.05) is 111 Å². The van der Waals surface area contributed by atoms with Crippen molar-refractivity contribution in [3.63, 3.8) is 0 Å². The van der Waals surface area contributed by atoms with Crippen molar-refractivity contribution in [2.75, 3.05) is 109 Å². The van der Waals surface area contributed by atoms with Gasteiger partial charge in [0.25, 0.3) is 0 Å². The van der Waals surface area contributed by atoms with E-state index in [1.807, 2.05) is 0 Å². The minimum atomic E-state index is -3.70. The van der Waals surface area contributed by atoms with Crippen LogP contribution in [0.5, 0.6) is 46.0 Å². The molecule has 4 aromatic rings. The maximum atomic E-state index is 13.2. The van der Waals surface area contributed by atoms with Crippen LogP contribution in [-0.2, 0) is 63.6 Å². The van der Waals surface area contributed by atoms with E-state index in [2.05, 4.69) is 0 Å². The standard InChI is InChI=1S/4C24H38N2O4/c4*1-14(2)9-17-13-26-8-7-16-10-21(28-5)22(29-6)11-18(16)19(26)12-20(17)30-24(27)23(25)15(3)4/h4*10-11,14-15,17,19-20,23H,7-9,12-13,25H2,1-6H3/t4*17?,19?,20?,23-/m0000/s1/i5D3,7D2,8D2,12D2,13D2,17D,19D,20D;7D2,8D2,12D2,13D2,17D,19D,20D;5D3,7D2,8D2,12D2,13D2,17D,19D;7D2,8D2,12D2,13D2,17D,19D. The van der Waals surface area contributed by atoms with Crippen molar-refractivity contribution in [2.45, 2.75) is 260 Å². The van der Waals surface area contributed by atoms with Gasteiger partial charge in [-0.3, -0.25) is 38.8 Å². The Morgan fingerprint density at radius 1 is 0.342 bits per heavy atom. The minimum absolute atomic E-state index is 0.0158. The fourth-order valence-corrected chi connectivity index (χ4v) is 12.6. The summed E-state index contributed by atoms with van der Waals surface area (Å²) in [6, 6.07) is -10.9. The SMILES string of the molecule is [2H]C([2H])([2H])Oc1cc2c(cc1OC)C1([2H])N(C([2H])([2H])C2([2H])[2H])C([2H])([2H])C([2H])(CC(C)C)C(OC(=O)[C@@H](N)C(C)C)C1([2H])[2H].[2H]C([2H])([2H])Oc1cc2c(cc1OC)C1([2H])N(C([2H])([2H])C2([2H])[2H])C([2H])([2H])C([2H])(CC(C)C)C([2H])(OC(=O)[C@@H](N)C(C)C)C1([2H])[2H].[2H]C1([2H])c2cc(OC)c(OC)cc2C2([2H])N(C1([2H])[2H])C([2H])([2H])C([2H])(CC(C)C)C(OC(=O)[C@@H](N)C(C)C)C2([2H])[2H].[2H]C1([2H])c2cc(OC)c(OC)cc2C2([2H])N(C1([2H])[2H])C([2H])([2H])C([2H])(CC(C)C)C([2H])(OC(=O)[C@@H](N)C(C)C)C2([2H])[2H]. The summed E-state index contributed by atoms with van der Waals surface area (Å²) in [6.07, 6.45) is -40.3. The van der Waals surface area contributed by atoms with Gasteiger partial charge in [-0.15, -0.1) is 0 Å². The number of nitrogens with two attached hydrogens (primary N) is 4. The predicted octanol–water partition coefficient (Wildman–Crippen LogP) is 14.3. The van der Waals surface area contributed by atoms with Crippen LogP contribution in [0.1, 0.15) is 296 Å². The van der Waals surface area contributed by atoms with E-state index in [0.29, 0.717) is 0 Å². The lowest BCUT2D eigenvalue weighted by Crippen LogP contribution is -2.51. The summed E-state index contributed by atoms with van der Waals surface area (Å²) in [5.41, 5.74) is 18.8. The topological polar surface area (TPSA) is 296 Å². The molecular weight excluding hydrogens is 1520 g/mol. The molecule has 120 heavy (non-hydrogen) atoms. The maximum absolute atomic E-state index is 13.2. The Labute approximate surface area is 786 Å². The molecule has 8 aliphatic rings. The third-order valence-electron chi connectivity index (χ3n) is 19.5. The number of carbonyl (C=O) groups excluding carboxylic acids is 4. The summed E-state index contributed by atoms with van der Waals surface area (Å²) >= 11 is 0. The van der Waals surface area contributed by atoms with Crippen LogP contribution in [0.15, 0.2) is 48.5 Å². The van der Waals surface area contributed by atoms with Gasteiger partial charge in [0.2, 0.25) is 0 Å². The highest BCUT2D eigenvalue weighted by atomic mass is 16.6. The molecule has 4 fully saturated rings. The smallest absolute Gasteiger partial charge is 0.323 e. The number of piperidine rings is 4. The summed E-state index contributed by atoms with van der Waals surface area (Å²) in [5.74, 6) is -23.3. The highest BCUT2D eigenvalue weighted by Crippen LogP contribution is 2.50. The highest BCUT2D eigenvalue weighted by Gasteiger charge is 2.47. The van der Waals surface area contributed by atoms with Gasteiger partial charge in [0.1, 0.15) is 48.5 Å². The lowest BCUT2D eigenvalue weighted by molar-refractivity contribution is -0.161. The Balaban J connectivity index is 0.000000246. The Morgan fingerprint density at radius 2 is 0.558 bits per heavy atom. The van der Waals surface area contributed by atoms with E-state index >= 15 is 0 Å². The summed E-state index contributed by atoms with van der Waals surface area (Å²) < 4.78 is 491. The maximum Gasteiger partial charge on any atom is 0.323 e. The second kappa shape index (κ2) is 43.9. The van der Waals surface area contributed by atoms with Gasteiger partial charge in [0.05, 0.1) is 73.2 Å². The van der Waals surface area contributed by atoms with Crippen LogP contribution in [0.4, 0.5) is 0 Å². The van der Waals surface area contributed by atoms with E-state index < -0.39 is 378 Å². The van der Waals surface area contributed by atoms with E-state index in [9.17, 15) is 43.9 Å². The van der Waals surface area contributed by atoms with Gasteiger partial charge < -0.3 is 79.8 Å². The predicted molar refractivity (Wildman–Crippen MR) is 471 cm³/mol. The van der Waals surface area contributed by atoms with Crippen LogP contribution in [0.3, 0.4) is 0 Å². The van der Waals surface area contributed by atoms with Gasteiger partial charge >= 0.3 is 23.9 Å². The van der Waals surface area contributed by atoms with Crippen LogP contribution in [0, 0.1) is 70.9 Å². The van der Waals surface area contributed by atoms with Gasteiger partial charge in [0, 0.05) is 174 Å². The van der Waals surface area contributed by atoms with Crippen LogP contribution < -0.4 is 60.8 Å². The van der Waals surface area contributed by atoms with E-state index in [-0.39, 0.29) is 42.6 Å².